The fourth-order valence-corrected chi connectivity index (χ4v) is 3.14. The molecular weight excluding hydrogens is 258 g/mol. The number of piperidine rings is 1. The van der Waals surface area contributed by atoms with Gasteiger partial charge in [0.25, 0.3) is 5.91 Å². The van der Waals surface area contributed by atoms with Crippen molar-refractivity contribution in [2.75, 3.05) is 26.8 Å². The standard InChI is InChI=1S/C14H19N3O3/c1-19-11-10-17(8-5-14(11)4-2-9-20-14)13(18)12-15-6-3-7-16-12/h3,6-7,11H,2,4-5,8-10H2,1H3/t11-,14-/m0/s1. The molecule has 3 rings (SSSR count). The first-order valence-corrected chi connectivity index (χ1v) is 6.98. The lowest BCUT2D eigenvalue weighted by atomic mass is 9.86. The van der Waals surface area contributed by atoms with E-state index >= 15 is 0 Å². The second-order valence-corrected chi connectivity index (χ2v) is 5.31. The number of carbonyl (C=O) groups excluding carboxylic acids is 1. The quantitative estimate of drug-likeness (QED) is 0.803. The molecule has 2 saturated heterocycles. The molecule has 0 aromatic carbocycles. The Kier molecular flexibility index (Phi) is 3.67. The van der Waals surface area contributed by atoms with Gasteiger partial charge in [0.15, 0.2) is 0 Å². The number of methoxy groups -OCH3 is 1. The molecule has 0 bridgehead atoms. The van der Waals surface area contributed by atoms with Crippen LogP contribution >= 0.6 is 0 Å². The summed E-state index contributed by atoms with van der Waals surface area (Å²) in [5, 5.41) is 0. The van der Waals surface area contributed by atoms with Crippen LogP contribution in [0.4, 0.5) is 0 Å². The van der Waals surface area contributed by atoms with Crippen LogP contribution in [0, 0.1) is 0 Å². The highest BCUT2D eigenvalue weighted by molar-refractivity contribution is 5.90. The fraction of sp³-hybridized carbons (Fsp3) is 0.643. The molecule has 0 N–H and O–H groups in total. The van der Waals surface area contributed by atoms with Crippen LogP contribution in [-0.2, 0) is 9.47 Å². The zero-order valence-corrected chi connectivity index (χ0v) is 11.6. The van der Waals surface area contributed by atoms with Crippen LogP contribution in [0.3, 0.4) is 0 Å². The molecule has 2 aliphatic heterocycles. The SMILES string of the molecule is CO[C@H]1CN(C(=O)c2ncccn2)CC[C@@]12CCCO2. The summed E-state index contributed by atoms with van der Waals surface area (Å²) in [5.74, 6) is 0.103. The normalized spacial score (nSPS) is 29.9. The van der Waals surface area contributed by atoms with Crippen molar-refractivity contribution < 1.29 is 14.3 Å². The Balaban J connectivity index is 1.73. The van der Waals surface area contributed by atoms with Crippen LogP contribution in [0.5, 0.6) is 0 Å². The van der Waals surface area contributed by atoms with Gasteiger partial charge in [-0.05, 0) is 25.3 Å². The third-order valence-electron chi connectivity index (χ3n) is 4.24. The van der Waals surface area contributed by atoms with Gasteiger partial charge in [0, 0.05) is 32.7 Å². The minimum atomic E-state index is -0.205. The molecule has 1 amide bonds. The molecule has 2 aliphatic rings. The molecule has 2 atom stereocenters. The van der Waals surface area contributed by atoms with Crippen molar-refractivity contribution in [2.24, 2.45) is 0 Å². The van der Waals surface area contributed by atoms with Crippen molar-refractivity contribution in [2.45, 2.75) is 31.0 Å². The van der Waals surface area contributed by atoms with Crippen LogP contribution in [0.2, 0.25) is 0 Å². The van der Waals surface area contributed by atoms with Gasteiger partial charge in [0.05, 0.1) is 12.1 Å². The average molecular weight is 277 g/mol. The highest BCUT2D eigenvalue weighted by Gasteiger charge is 2.47. The summed E-state index contributed by atoms with van der Waals surface area (Å²) in [7, 11) is 1.68. The highest BCUT2D eigenvalue weighted by atomic mass is 16.5. The summed E-state index contributed by atoms with van der Waals surface area (Å²) in [5.41, 5.74) is -0.205. The third kappa shape index (κ3) is 2.29. The van der Waals surface area contributed by atoms with Crippen molar-refractivity contribution in [3.63, 3.8) is 0 Å². The monoisotopic (exact) mass is 277 g/mol. The number of aromatic nitrogens is 2. The van der Waals surface area contributed by atoms with E-state index in [4.69, 9.17) is 9.47 Å². The summed E-state index contributed by atoms with van der Waals surface area (Å²) in [6, 6.07) is 1.70. The van der Waals surface area contributed by atoms with E-state index in [0.29, 0.717) is 13.1 Å². The summed E-state index contributed by atoms with van der Waals surface area (Å²) in [6.07, 6.45) is 5.97. The first kappa shape index (κ1) is 13.5. The molecular formula is C14H19N3O3. The number of amides is 1. The van der Waals surface area contributed by atoms with Crippen molar-refractivity contribution >= 4 is 5.91 Å². The van der Waals surface area contributed by atoms with Crippen LogP contribution in [0.25, 0.3) is 0 Å². The fourth-order valence-electron chi connectivity index (χ4n) is 3.14. The first-order valence-electron chi connectivity index (χ1n) is 6.98. The van der Waals surface area contributed by atoms with E-state index in [9.17, 15) is 4.79 Å². The van der Waals surface area contributed by atoms with Crippen LogP contribution in [-0.4, -0.2) is 59.3 Å². The van der Waals surface area contributed by atoms with Gasteiger partial charge in [0.1, 0.15) is 6.10 Å². The summed E-state index contributed by atoms with van der Waals surface area (Å²) >= 11 is 0. The van der Waals surface area contributed by atoms with E-state index in [1.54, 1.807) is 30.5 Å². The van der Waals surface area contributed by atoms with E-state index in [2.05, 4.69) is 9.97 Å². The maximum absolute atomic E-state index is 12.4. The van der Waals surface area contributed by atoms with E-state index in [1.807, 2.05) is 0 Å². The Bertz CT molecular complexity index is 474. The minimum Gasteiger partial charge on any atom is -0.377 e. The Morgan fingerprint density at radius 1 is 1.45 bits per heavy atom. The Morgan fingerprint density at radius 2 is 2.25 bits per heavy atom. The van der Waals surface area contributed by atoms with Crippen molar-refractivity contribution in [3.05, 3.63) is 24.3 Å². The van der Waals surface area contributed by atoms with Gasteiger partial charge in [-0.25, -0.2) is 9.97 Å². The van der Waals surface area contributed by atoms with Crippen molar-refractivity contribution in [3.8, 4) is 0 Å². The predicted molar refractivity (Wildman–Crippen MR) is 71.3 cm³/mol. The van der Waals surface area contributed by atoms with E-state index in [0.717, 1.165) is 25.9 Å². The van der Waals surface area contributed by atoms with Crippen molar-refractivity contribution in [1.82, 2.24) is 14.9 Å². The molecule has 0 aliphatic carbocycles. The number of ether oxygens (including phenoxy) is 2. The second kappa shape index (κ2) is 5.46. The third-order valence-corrected chi connectivity index (χ3v) is 4.24. The number of likely N-dealkylation sites (tertiary alicyclic amines) is 1. The lowest BCUT2D eigenvalue weighted by Gasteiger charge is -2.44. The van der Waals surface area contributed by atoms with Gasteiger partial charge in [-0.15, -0.1) is 0 Å². The van der Waals surface area contributed by atoms with Gasteiger partial charge in [-0.2, -0.15) is 0 Å². The van der Waals surface area contributed by atoms with E-state index in [1.165, 1.54) is 0 Å². The first-order chi connectivity index (χ1) is 9.75. The smallest absolute Gasteiger partial charge is 0.291 e. The lowest BCUT2D eigenvalue weighted by Crippen LogP contribution is -2.57. The molecule has 20 heavy (non-hydrogen) atoms. The highest BCUT2D eigenvalue weighted by Crippen LogP contribution is 2.37. The molecule has 3 heterocycles. The largest absolute Gasteiger partial charge is 0.377 e. The molecule has 1 spiro atoms. The molecule has 2 fully saturated rings. The lowest BCUT2D eigenvalue weighted by molar-refractivity contribution is -0.136. The topological polar surface area (TPSA) is 64.5 Å². The Morgan fingerprint density at radius 3 is 2.90 bits per heavy atom. The van der Waals surface area contributed by atoms with Crippen molar-refractivity contribution in [1.29, 1.82) is 0 Å². The maximum atomic E-state index is 12.4. The maximum Gasteiger partial charge on any atom is 0.291 e. The number of rotatable bonds is 2. The van der Waals surface area contributed by atoms with Gasteiger partial charge in [-0.1, -0.05) is 0 Å². The van der Waals surface area contributed by atoms with Crippen LogP contribution in [0.1, 0.15) is 29.9 Å². The zero-order chi connectivity index (χ0) is 14.0. The molecule has 6 heteroatoms. The Labute approximate surface area is 118 Å². The zero-order valence-electron chi connectivity index (χ0n) is 11.6. The predicted octanol–water partition coefficient (Wildman–Crippen LogP) is 0.887. The molecule has 0 radical (unpaired) electrons. The molecule has 0 saturated carbocycles. The number of nitrogens with zero attached hydrogens (tertiary/aromatic N) is 3. The van der Waals surface area contributed by atoms with Gasteiger partial charge in [-0.3, -0.25) is 4.79 Å². The molecule has 0 unspecified atom stereocenters. The summed E-state index contributed by atoms with van der Waals surface area (Å²) in [6.45, 7) is 1.99. The minimum absolute atomic E-state index is 0.0774. The summed E-state index contributed by atoms with van der Waals surface area (Å²) < 4.78 is 11.5. The molecule has 6 nitrogen and oxygen atoms in total. The average Bonchev–Trinajstić information content (AvgIpc) is 2.97. The van der Waals surface area contributed by atoms with Gasteiger partial charge < -0.3 is 14.4 Å². The number of hydrogen-bond donors (Lipinski definition) is 0. The van der Waals surface area contributed by atoms with E-state index in [-0.39, 0.29) is 23.4 Å². The van der Waals surface area contributed by atoms with Crippen LogP contribution < -0.4 is 0 Å². The van der Waals surface area contributed by atoms with Gasteiger partial charge >= 0.3 is 0 Å². The van der Waals surface area contributed by atoms with Crippen LogP contribution in [0.15, 0.2) is 18.5 Å². The molecule has 1 aromatic heterocycles. The Hall–Kier alpha value is -1.53. The molecule has 1 aromatic rings. The summed E-state index contributed by atoms with van der Waals surface area (Å²) in [4.78, 5) is 22.2. The second-order valence-electron chi connectivity index (χ2n) is 5.31. The van der Waals surface area contributed by atoms with E-state index < -0.39 is 0 Å². The number of hydrogen-bond acceptors (Lipinski definition) is 5. The van der Waals surface area contributed by atoms with Gasteiger partial charge in [0.2, 0.25) is 5.82 Å². The molecule has 108 valence electrons. The number of carbonyl (C=O) groups is 1.